The quantitative estimate of drug-likeness (QED) is 0.595. The van der Waals surface area contributed by atoms with Crippen LogP contribution in [0, 0.1) is 6.92 Å². The van der Waals surface area contributed by atoms with Gasteiger partial charge in [-0.25, -0.2) is 0 Å². The molecule has 1 amide bonds. The minimum Gasteiger partial charge on any atom is -0.366 e. The van der Waals surface area contributed by atoms with Crippen molar-refractivity contribution in [3.05, 3.63) is 42.5 Å². The largest absolute Gasteiger partial charge is 0.366 e. The van der Waals surface area contributed by atoms with Gasteiger partial charge in [-0.1, -0.05) is 24.8 Å². The third-order valence-electron chi connectivity index (χ3n) is 1.57. The van der Waals surface area contributed by atoms with Gasteiger partial charge in [-0.15, -0.1) is 0 Å². The maximum Gasteiger partial charge on any atom is 0.294 e. The lowest BCUT2D eigenvalue weighted by atomic mass is 10.2. The summed E-state index contributed by atoms with van der Waals surface area (Å²) in [4.78, 5) is 9.44. The van der Waals surface area contributed by atoms with E-state index in [0.717, 1.165) is 6.08 Å². The molecule has 0 aliphatic carbocycles. The molecule has 1 aromatic rings. The standard InChI is InChI=1S/C7H8O3S.C3H5NO/c1-6-4-2-3-5-7(6)11(8,9)10;1-2-3(4)5/h2-5H,1H3,(H,8,9,10);2H,1H2,(H2,4,5). The van der Waals surface area contributed by atoms with Crippen molar-refractivity contribution in [3.8, 4) is 0 Å². The average Bonchev–Trinajstić information content (AvgIpc) is 2.17. The number of hydrogen-bond acceptors (Lipinski definition) is 3. The second kappa shape index (κ2) is 6.04. The molecule has 0 fully saturated rings. The Balaban J connectivity index is 0.000000385. The van der Waals surface area contributed by atoms with Gasteiger partial charge in [0.1, 0.15) is 0 Å². The summed E-state index contributed by atoms with van der Waals surface area (Å²) in [5.74, 6) is -0.481. The highest BCUT2D eigenvalue weighted by molar-refractivity contribution is 7.85. The Labute approximate surface area is 94.3 Å². The molecule has 0 unspecified atom stereocenters. The summed E-state index contributed by atoms with van der Waals surface area (Å²) in [5, 5.41) is 0. The van der Waals surface area contributed by atoms with Gasteiger partial charge in [-0.3, -0.25) is 9.35 Å². The second-order valence-electron chi connectivity index (χ2n) is 2.85. The minimum atomic E-state index is -4.03. The monoisotopic (exact) mass is 243 g/mol. The number of nitrogens with two attached hydrogens (primary N) is 1. The smallest absolute Gasteiger partial charge is 0.294 e. The maximum absolute atomic E-state index is 10.6. The zero-order valence-electron chi connectivity index (χ0n) is 8.75. The van der Waals surface area contributed by atoms with Gasteiger partial charge in [0.25, 0.3) is 10.1 Å². The van der Waals surface area contributed by atoms with Crippen molar-refractivity contribution in [2.24, 2.45) is 5.73 Å². The van der Waals surface area contributed by atoms with Crippen molar-refractivity contribution in [2.45, 2.75) is 11.8 Å². The molecule has 1 rings (SSSR count). The van der Waals surface area contributed by atoms with E-state index in [0.29, 0.717) is 5.56 Å². The van der Waals surface area contributed by atoms with E-state index in [-0.39, 0.29) is 4.90 Å². The molecule has 0 aliphatic heterocycles. The summed E-state index contributed by atoms with van der Waals surface area (Å²) < 4.78 is 29.9. The fraction of sp³-hybridized carbons (Fsp3) is 0.100. The van der Waals surface area contributed by atoms with E-state index in [9.17, 15) is 13.2 Å². The number of benzene rings is 1. The molecule has 0 aromatic heterocycles. The zero-order valence-corrected chi connectivity index (χ0v) is 9.57. The van der Waals surface area contributed by atoms with Gasteiger partial charge in [-0.05, 0) is 24.6 Å². The third-order valence-corrected chi connectivity index (χ3v) is 2.59. The summed E-state index contributed by atoms with van der Waals surface area (Å²) >= 11 is 0. The van der Waals surface area contributed by atoms with Crippen LogP contribution in [-0.2, 0) is 14.9 Å². The van der Waals surface area contributed by atoms with Gasteiger partial charge >= 0.3 is 0 Å². The summed E-state index contributed by atoms with van der Waals surface area (Å²) in [5.41, 5.74) is 5.09. The number of carbonyl (C=O) groups excluding carboxylic acids is 1. The summed E-state index contributed by atoms with van der Waals surface area (Å²) in [6.45, 7) is 4.71. The molecule has 3 N–H and O–H groups in total. The number of carbonyl (C=O) groups is 1. The highest BCUT2D eigenvalue weighted by atomic mass is 32.2. The number of primary amides is 1. The Morgan fingerprint density at radius 1 is 1.44 bits per heavy atom. The topological polar surface area (TPSA) is 97.5 Å². The Kier molecular flexibility index (Phi) is 5.41. The van der Waals surface area contributed by atoms with Gasteiger partial charge in [0.2, 0.25) is 5.91 Å². The Morgan fingerprint density at radius 3 is 2.12 bits per heavy atom. The highest BCUT2D eigenvalue weighted by Gasteiger charge is 2.10. The van der Waals surface area contributed by atoms with E-state index in [1.807, 2.05) is 0 Å². The molecule has 16 heavy (non-hydrogen) atoms. The van der Waals surface area contributed by atoms with Gasteiger partial charge in [0.05, 0.1) is 4.90 Å². The Hall–Kier alpha value is -1.66. The van der Waals surface area contributed by atoms with Crippen molar-refractivity contribution in [1.82, 2.24) is 0 Å². The first-order valence-electron chi connectivity index (χ1n) is 4.24. The number of rotatable bonds is 2. The van der Waals surface area contributed by atoms with Gasteiger partial charge in [0, 0.05) is 0 Å². The second-order valence-corrected chi connectivity index (χ2v) is 4.24. The summed E-state index contributed by atoms with van der Waals surface area (Å²) in [6.07, 6.45) is 1.06. The van der Waals surface area contributed by atoms with Crippen LogP contribution >= 0.6 is 0 Å². The minimum absolute atomic E-state index is 0.0278. The van der Waals surface area contributed by atoms with E-state index in [1.165, 1.54) is 6.07 Å². The third kappa shape index (κ3) is 5.28. The first-order chi connectivity index (χ1) is 7.29. The number of aryl methyl sites for hydroxylation is 1. The zero-order chi connectivity index (χ0) is 12.8. The molecule has 0 atom stereocenters. The van der Waals surface area contributed by atoms with E-state index < -0.39 is 16.0 Å². The molecule has 88 valence electrons. The predicted octanol–water partition coefficient (Wildman–Crippen LogP) is 0.899. The molecule has 6 heteroatoms. The SMILES string of the molecule is C=CC(N)=O.Cc1ccccc1S(=O)(=O)O. The van der Waals surface area contributed by atoms with Crippen LogP contribution in [0.3, 0.4) is 0 Å². The van der Waals surface area contributed by atoms with Crippen molar-refractivity contribution >= 4 is 16.0 Å². The van der Waals surface area contributed by atoms with Gasteiger partial charge < -0.3 is 5.73 Å². The van der Waals surface area contributed by atoms with E-state index in [1.54, 1.807) is 25.1 Å². The molecule has 0 bridgehead atoms. The van der Waals surface area contributed by atoms with Crippen LogP contribution in [0.2, 0.25) is 0 Å². The first kappa shape index (κ1) is 14.3. The van der Waals surface area contributed by atoms with Crippen LogP contribution in [0.4, 0.5) is 0 Å². The van der Waals surface area contributed by atoms with Crippen LogP contribution in [0.1, 0.15) is 5.56 Å². The average molecular weight is 243 g/mol. The molecular weight excluding hydrogens is 230 g/mol. The lowest BCUT2D eigenvalue weighted by Gasteiger charge is -1.99. The van der Waals surface area contributed by atoms with Gasteiger partial charge in [0.15, 0.2) is 0 Å². The normalized spacial score (nSPS) is 9.88. The van der Waals surface area contributed by atoms with E-state index >= 15 is 0 Å². The van der Waals surface area contributed by atoms with E-state index in [2.05, 4.69) is 12.3 Å². The Bertz CT molecular complexity index is 479. The predicted molar refractivity (Wildman–Crippen MR) is 60.4 cm³/mol. The van der Waals surface area contributed by atoms with Crippen molar-refractivity contribution in [2.75, 3.05) is 0 Å². The van der Waals surface area contributed by atoms with Gasteiger partial charge in [-0.2, -0.15) is 8.42 Å². The lowest BCUT2D eigenvalue weighted by molar-refractivity contribution is -0.113. The van der Waals surface area contributed by atoms with Crippen LogP contribution in [0.15, 0.2) is 41.8 Å². The van der Waals surface area contributed by atoms with E-state index in [4.69, 9.17) is 4.55 Å². The first-order valence-corrected chi connectivity index (χ1v) is 5.68. The van der Waals surface area contributed by atoms with Crippen LogP contribution < -0.4 is 5.73 Å². The molecule has 0 spiro atoms. The fourth-order valence-electron chi connectivity index (χ4n) is 0.846. The molecule has 1 aromatic carbocycles. The molecule has 0 aliphatic rings. The van der Waals surface area contributed by atoms with Crippen molar-refractivity contribution in [1.29, 1.82) is 0 Å². The molecule has 0 radical (unpaired) electrons. The van der Waals surface area contributed by atoms with Crippen LogP contribution in [-0.4, -0.2) is 18.9 Å². The molecule has 0 saturated heterocycles. The Morgan fingerprint density at radius 2 is 1.88 bits per heavy atom. The fourth-order valence-corrected chi connectivity index (χ4v) is 1.57. The van der Waals surface area contributed by atoms with Crippen molar-refractivity contribution < 1.29 is 17.8 Å². The molecule has 5 nitrogen and oxygen atoms in total. The van der Waals surface area contributed by atoms with Crippen LogP contribution in [0.5, 0.6) is 0 Å². The number of amides is 1. The summed E-state index contributed by atoms with van der Waals surface area (Å²) in [6, 6.07) is 6.27. The molecule has 0 heterocycles. The highest BCUT2D eigenvalue weighted by Crippen LogP contribution is 2.12. The molecule has 0 saturated carbocycles. The number of hydrogen-bond donors (Lipinski definition) is 2. The maximum atomic E-state index is 10.6. The molecular formula is C10H13NO4S. The summed E-state index contributed by atoms with van der Waals surface area (Å²) in [7, 11) is -4.03. The van der Waals surface area contributed by atoms with Crippen molar-refractivity contribution in [3.63, 3.8) is 0 Å². The lowest BCUT2D eigenvalue weighted by Crippen LogP contribution is -2.04. The van der Waals surface area contributed by atoms with Crippen LogP contribution in [0.25, 0.3) is 0 Å².